The molecule has 0 spiro atoms. The van der Waals surface area contributed by atoms with Crippen LogP contribution in [0.3, 0.4) is 0 Å². The predicted octanol–water partition coefficient (Wildman–Crippen LogP) is 1.55. The molecule has 5 nitrogen and oxygen atoms in total. The van der Waals surface area contributed by atoms with Gasteiger partial charge >= 0.3 is 0 Å². The lowest BCUT2D eigenvalue weighted by molar-refractivity contribution is 0.0982. The van der Waals surface area contributed by atoms with Gasteiger partial charge in [-0.25, -0.2) is 4.98 Å². The van der Waals surface area contributed by atoms with Crippen molar-refractivity contribution in [2.75, 3.05) is 33.9 Å². The first-order chi connectivity index (χ1) is 8.27. The number of methoxy groups -OCH3 is 2. The Morgan fingerprint density at radius 3 is 2.94 bits per heavy atom. The predicted molar refractivity (Wildman–Crippen MR) is 65.0 cm³/mol. The number of hydrogen-bond acceptors (Lipinski definition) is 5. The van der Waals surface area contributed by atoms with Gasteiger partial charge in [-0.05, 0) is 19.9 Å². The van der Waals surface area contributed by atoms with Gasteiger partial charge in [0.15, 0.2) is 11.7 Å². The van der Waals surface area contributed by atoms with Crippen LogP contribution in [-0.2, 0) is 15.9 Å². The Morgan fingerprint density at radius 2 is 2.24 bits per heavy atom. The van der Waals surface area contributed by atoms with E-state index in [0.717, 1.165) is 44.2 Å². The molecule has 5 heteroatoms. The van der Waals surface area contributed by atoms with E-state index in [9.17, 15) is 0 Å². The Bertz CT molecular complexity index is 302. The van der Waals surface area contributed by atoms with E-state index in [1.165, 1.54) is 0 Å². The van der Waals surface area contributed by atoms with Gasteiger partial charge in [-0.3, -0.25) is 0 Å². The van der Waals surface area contributed by atoms with Crippen LogP contribution in [0.25, 0.3) is 0 Å². The number of aromatic nitrogens is 1. The molecule has 1 unspecified atom stereocenters. The van der Waals surface area contributed by atoms with E-state index < -0.39 is 0 Å². The molecule has 1 aromatic rings. The first-order valence-corrected chi connectivity index (χ1v) is 5.95. The summed E-state index contributed by atoms with van der Waals surface area (Å²) in [7, 11) is 3.36. The molecular weight excluding hydrogens is 220 g/mol. The average Bonchev–Trinajstić information content (AvgIpc) is 2.81. The fourth-order valence-electron chi connectivity index (χ4n) is 1.41. The quantitative estimate of drug-likeness (QED) is 0.666. The lowest BCUT2D eigenvalue weighted by Crippen LogP contribution is -2.20. The Hall–Kier alpha value is -0.910. The third-order valence-electron chi connectivity index (χ3n) is 2.55. The smallest absolute Gasteiger partial charge is 0.194 e. The third kappa shape index (κ3) is 5.30. The summed E-state index contributed by atoms with van der Waals surface area (Å²) >= 11 is 0. The summed E-state index contributed by atoms with van der Waals surface area (Å²) < 4.78 is 15.7. The summed E-state index contributed by atoms with van der Waals surface area (Å²) in [5.74, 6) is 1.56. The Morgan fingerprint density at radius 1 is 1.41 bits per heavy atom. The molecular formula is C12H22N2O3. The molecule has 0 aliphatic rings. The molecule has 0 aliphatic carbocycles. The van der Waals surface area contributed by atoms with Gasteiger partial charge in [0.05, 0.1) is 12.8 Å². The van der Waals surface area contributed by atoms with Crippen LogP contribution in [-0.4, -0.2) is 38.9 Å². The zero-order valence-corrected chi connectivity index (χ0v) is 10.9. The molecule has 0 saturated heterocycles. The van der Waals surface area contributed by atoms with E-state index in [0.29, 0.717) is 0 Å². The highest BCUT2D eigenvalue weighted by atomic mass is 16.5. The minimum Gasteiger partial charge on any atom is -0.443 e. The first-order valence-electron chi connectivity index (χ1n) is 5.95. The van der Waals surface area contributed by atoms with Gasteiger partial charge in [0.2, 0.25) is 0 Å². The fraction of sp³-hybridized carbons (Fsp3) is 0.750. The SMILES string of the molecule is COCCNCCCc1ncc(C(C)OC)o1. The summed E-state index contributed by atoms with van der Waals surface area (Å²) in [4.78, 5) is 4.22. The maximum Gasteiger partial charge on any atom is 0.194 e. The van der Waals surface area contributed by atoms with Crippen molar-refractivity contribution in [1.82, 2.24) is 10.3 Å². The van der Waals surface area contributed by atoms with Gasteiger partial charge < -0.3 is 19.2 Å². The normalized spacial score (nSPS) is 12.9. The lowest BCUT2D eigenvalue weighted by atomic mass is 10.3. The second kappa shape index (κ2) is 8.22. The molecule has 0 aliphatic heterocycles. The summed E-state index contributed by atoms with van der Waals surface area (Å²) in [6.45, 7) is 4.51. The maximum absolute atomic E-state index is 5.58. The fourth-order valence-corrected chi connectivity index (χ4v) is 1.41. The average molecular weight is 242 g/mol. The molecule has 1 aromatic heterocycles. The van der Waals surface area contributed by atoms with Crippen LogP contribution in [0.1, 0.15) is 31.1 Å². The molecule has 0 amide bonds. The Kier molecular flexibility index (Phi) is 6.84. The number of oxazole rings is 1. The largest absolute Gasteiger partial charge is 0.443 e. The third-order valence-corrected chi connectivity index (χ3v) is 2.55. The van der Waals surface area contributed by atoms with Crippen molar-refractivity contribution in [2.45, 2.75) is 25.9 Å². The number of rotatable bonds is 9. The summed E-state index contributed by atoms with van der Waals surface area (Å²) in [6, 6.07) is 0. The molecule has 0 bridgehead atoms. The Labute approximate surface area is 103 Å². The minimum absolute atomic E-state index is 0.0314. The molecule has 17 heavy (non-hydrogen) atoms. The van der Waals surface area contributed by atoms with Crippen LogP contribution >= 0.6 is 0 Å². The van der Waals surface area contributed by atoms with E-state index >= 15 is 0 Å². The van der Waals surface area contributed by atoms with E-state index in [-0.39, 0.29) is 6.10 Å². The number of hydrogen-bond donors (Lipinski definition) is 1. The van der Waals surface area contributed by atoms with Gasteiger partial charge in [-0.1, -0.05) is 0 Å². The standard InChI is InChI=1S/C12H22N2O3/c1-10(16-3)11-9-14-12(17-11)5-4-6-13-7-8-15-2/h9-10,13H,4-8H2,1-3H3. The number of aryl methyl sites for hydroxylation is 1. The van der Waals surface area contributed by atoms with E-state index in [1.54, 1.807) is 20.4 Å². The minimum atomic E-state index is -0.0314. The topological polar surface area (TPSA) is 56.5 Å². The van der Waals surface area contributed by atoms with Crippen LogP contribution < -0.4 is 5.32 Å². The van der Waals surface area contributed by atoms with E-state index in [1.807, 2.05) is 6.92 Å². The van der Waals surface area contributed by atoms with E-state index in [4.69, 9.17) is 13.9 Å². The molecule has 1 N–H and O–H groups in total. The van der Waals surface area contributed by atoms with Gasteiger partial charge in [-0.2, -0.15) is 0 Å². The van der Waals surface area contributed by atoms with Crippen LogP contribution in [0.2, 0.25) is 0 Å². The van der Waals surface area contributed by atoms with Crippen molar-refractivity contribution in [3.8, 4) is 0 Å². The molecule has 0 fully saturated rings. The molecule has 0 radical (unpaired) electrons. The highest BCUT2D eigenvalue weighted by molar-refractivity contribution is 4.97. The van der Waals surface area contributed by atoms with Crippen molar-refractivity contribution in [1.29, 1.82) is 0 Å². The first kappa shape index (κ1) is 14.2. The molecule has 1 rings (SSSR count). The van der Waals surface area contributed by atoms with Crippen LogP contribution in [0.4, 0.5) is 0 Å². The van der Waals surface area contributed by atoms with Crippen molar-refractivity contribution in [3.05, 3.63) is 17.8 Å². The number of ether oxygens (including phenoxy) is 2. The van der Waals surface area contributed by atoms with Crippen LogP contribution in [0.5, 0.6) is 0 Å². The van der Waals surface area contributed by atoms with Crippen LogP contribution in [0, 0.1) is 0 Å². The van der Waals surface area contributed by atoms with Crippen molar-refractivity contribution >= 4 is 0 Å². The summed E-state index contributed by atoms with van der Waals surface area (Å²) in [5, 5.41) is 3.28. The van der Waals surface area contributed by atoms with Gasteiger partial charge in [0.25, 0.3) is 0 Å². The summed E-state index contributed by atoms with van der Waals surface area (Å²) in [5.41, 5.74) is 0. The second-order valence-corrected chi connectivity index (χ2v) is 3.88. The Balaban J connectivity index is 2.16. The maximum atomic E-state index is 5.58. The monoisotopic (exact) mass is 242 g/mol. The van der Waals surface area contributed by atoms with Gasteiger partial charge in [0.1, 0.15) is 6.10 Å². The molecule has 0 saturated carbocycles. The zero-order chi connectivity index (χ0) is 12.5. The molecule has 0 aromatic carbocycles. The van der Waals surface area contributed by atoms with Gasteiger partial charge in [-0.15, -0.1) is 0 Å². The van der Waals surface area contributed by atoms with Gasteiger partial charge in [0, 0.05) is 27.2 Å². The molecule has 98 valence electrons. The number of nitrogens with one attached hydrogen (secondary N) is 1. The second-order valence-electron chi connectivity index (χ2n) is 3.88. The van der Waals surface area contributed by atoms with Crippen LogP contribution in [0.15, 0.2) is 10.6 Å². The highest BCUT2D eigenvalue weighted by Crippen LogP contribution is 2.16. The number of nitrogens with zero attached hydrogens (tertiary/aromatic N) is 1. The highest BCUT2D eigenvalue weighted by Gasteiger charge is 2.10. The van der Waals surface area contributed by atoms with Crippen molar-refractivity contribution < 1.29 is 13.9 Å². The molecule has 1 heterocycles. The van der Waals surface area contributed by atoms with E-state index in [2.05, 4.69) is 10.3 Å². The molecule has 1 atom stereocenters. The van der Waals surface area contributed by atoms with Crippen molar-refractivity contribution in [3.63, 3.8) is 0 Å². The van der Waals surface area contributed by atoms with Crippen molar-refractivity contribution in [2.24, 2.45) is 0 Å². The lowest BCUT2D eigenvalue weighted by Gasteiger charge is -2.04. The zero-order valence-electron chi connectivity index (χ0n) is 10.9. The summed E-state index contributed by atoms with van der Waals surface area (Å²) in [6.07, 6.45) is 3.56.